The standard InChI is InChI=1S/C10H14N4O.ClH/c1-14-8-5-11-4-7(8)9(13-14)10(15)12-6-2-3-6;/h6,11H,2-5H2,1H3,(H,12,15);1H. The van der Waals surface area contributed by atoms with Crippen molar-refractivity contribution in [1.29, 1.82) is 0 Å². The van der Waals surface area contributed by atoms with Crippen molar-refractivity contribution in [3.05, 3.63) is 17.0 Å². The molecule has 0 spiro atoms. The van der Waals surface area contributed by atoms with Crippen LogP contribution in [-0.2, 0) is 20.1 Å². The van der Waals surface area contributed by atoms with Crippen LogP contribution >= 0.6 is 12.4 Å². The number of nitrogens with zero attached hydrogens (tertiary/aromatic N) is 2. The maximum atomic E-state index is 11.9. The lowest BCUT2D eigenvalue weighted by molar-refractivity contribution is 0.0944. The van der Waals surface area contributed by atoms with E-state index < -0.39 is 0 Å². The molecule has 0 atom stereocenters. The summed E-state index contributed by atoms with van der Waals surface area (Å²) in [6.07, 6.45) is 2.22. The van der Waals surface area contributed by atoms with E-state index in [4.69, 9.17) is 0 Å². The fourth-order valence-corrected chi connectivity index (χ4v) is 1.98. The van der Waals surface area contributed by atoms with E-state index in [2.05, 4.69) is 15.7 Å². The third kappa shape index (κ3) is 1.81. The molecular formula is C10H15ClN4O. The number of nitrogens with one attached hydrogen (secondary N) is 2. The molecule has 1 aliphatic carbocycles. The van der Waals surface area contributed by atoms with Gasteiger partial charge in [-0.25, -0.2) is 0 Å². The number of hydrogen-bond acceptors (Lipinski definition) is 3. The largest absolute Gasteiger partial charge is 0.348 e. The first kappa shape index (κ1) is 11.4. The predicted molar refractivity (Wildman–Crippen MR) is 61.5 cm³/mol. The van der Waals surface area contributed by atoms with Crippen LogP contribution in [0, 0.1) is 0 Å². The van der Waals surface area contributed by atoms with Gasteiger partial charge < -0.3 is 10.6 Å². The van der Waals surface area contributed by atoms with Gasteiger partial charge in [-0.3, -0.25) is 9.48 Å². The number of carbonyl (C=O) groups is 1. The molecule has 2 N–H and O–H groups in total. The fraction of sp³-hybridized carbons (Fsp3) is 0.600. The van der Waals surface area contributed by atoms with Crippen molar-refractivity contribution in [2.45, 2.75) is 32.0 Å². The average Bonchev–Trinajstić information content (AvgIpc) is 2.79. The molecule has 1 fully saturated rings. The van der Waals surface area contributed by atoms with E-state index in [0.29, 0.717) is 11.7 Å². The van der Waals surface area contributed by atoms with E-state index in [1.54, 1.807) is 4.68 Å². The molecule has 2 aliphatic rings. The number of aryl methyl sites for hydroxylation is 1. The lowest BCUT2D eigenvalue weighted by atomic mass is 10.2. The molecule has 1 amide bonds. The molecule has 88 valence electrons. The van der Waals surface area contributed by atoms with Gasteiger partial charge in [0.1, 0.15) is 0 Å². The Bertz CT molecular complexity index is 425. The van der Waals surface area contributed by atoms with E-state index in [1.807, 2.05) is 7.05 Å². The molecule has 5 nitrogen and oxygen atoms in total. The lowest BCUT2D eigenvalue weighted by Crippen LogP contribution is -2.27. The fourth-order valence-electron chi connectivity index (χ4n) is 1.98. The third-order valence-corrected chi connectivity index (χ3v) is 3.00. The Kier molecular flexibility index (Phi) is 2.90. The summed E-state index contributed by atoms with van der Waals surface area (Å²) < 4.78 is 1.80. The third-order valence-electron chi connectivity index (χ3n) is 3.00. The lowest BCUT2D eigenvalue weighted by Gasteiger charge is -2.01. The maximum Gasteiger partial charge on any atom is 0.272 e. The van der Waals surface area contributed by atoms with Crippen molar-refractivity contribution in [1.82, 2.24) is 20.4 Å². The number of aromatic nitrogens is 2. The topological polar surface area (TPSA) is 59.0 Å². The first-order valence-corrected chi connectivity index (χ1v) is 5.32. The van der Waals surface area contributed by atoms with Crippen LogP contribution in [0.5, 0.6) is 0 Å². The first-order chi connectivity index (χ1) is 7.25. The Labute approximate surface area is 100.0 Å². The minimum atomic E-state index is -0.0157. The highest BCUT2D eigenvalue weighted by atomic mass is 35.5. The molecule has 0 bridgehead atoms. The second-order valence-electron chi connectivity index (χ2n) is 4.25. The van der Waals surface area contributed by atoms with Crippen LogP contribution < -0.4 is 10.6 Å². The second-order valence-corrected chi connectivity index (χ2v) is 4.25. The van der Waals surface area contributed by atoms with E-state index in [-0.39, 0.29) is 18.3 Å². The Morgan fingerprint density at radius 1 is 1.50 bits per heavy atom. The van der Waals surface area contributed by atoms with Crippen molar-refractivity contribution in [3.8, 4) is 0 Å². The number of hydrogen-bond donors (Lipinski definition) is 2. The summed E-state index contributed by atoms with van der Waals surface area (Å²) in [5, 5.41) is 10.5. The van der Waals surface area contributed by atoms with Crippen LogP contribution in [0.2, 0.25) is 0 Å². The van der Waals surface area contributed by atoms with Crippen LogP contribution in [-0.4, -0.2) is 21.7 Å². The molecular weight excluding hydrogens is 228 g/mol. The van der Waals surface area contributed by atoms with Crippen molar-refractivity contribution >= 4 is 18.3 Å². The van der Waals surface area contributed by atoms with Crippen molar-refractivity contribution < 1.29 is 4.79 Å². The van der Waals surface area contributed by atoms with Gasteiger partial charge >= 0.3 is 0 Å². The Balaban J connectivity index is 0.000000963. The van der Waals surface area contributed by atoms with E-state index >= 15 is 0 Å². The molecule has 1 saturated carbocycles. The number of halogens is 1. The summed E-state index contributed by atoms with van der Waals surface area (Å²) in [4.78, 5) is 11.9. The van der Waals surface area contributed by atoms with E-state index in [9.17, 15) is 4.79 Å². The Hall–Kier alpha value is -1.07. The van der Waals surface area contributed by atoms with Gasteiger partial charge in [-0.2, -0.15) is 5.10 Å². The highest BCUT2D eigenvalue weighted by Crippen LogP contribution is 2.22. The summed E-state index contributed by atoms with van der Waals surface area (Å²) in [5.41, 5.74) is 2.80. The average molecular weight is 243 g/mol. The van der Waals surface area contributed by atoms with Gasteiger partial charge in [-0.1, -0.05) is 0 Å². The van der Waals surface area contributed by atoms with Crippen molar-refractivity contribution in [2.24, 2.45) is 7.05 Å². The summed E-state index contributed by atoms with van der Waals surface area (Å²) in [7, 11) is 1.89. The van der Waals surface area contributed by atoms with Crippen molar-refractivity contribution in [2.75, 3.05) is 0 Å². The minimum Gasteiger partial charge on any atom is -0.348 e. The zero-order valence-electron chi connectivity index (χ0n) is 9.12. The van der Waals surface area contributed by atoms with E-state index in [1.165, 1.54) is 0 Å². The van der Waals surface area contributed by atoms with Gasteiger partial charge in [0.2, 0.25) is 0 Å². The molecule has 6 heteroatoms. The molecule has 1 aromatic heterocycles. The molecule has 3 rings (SSSR count). The van der Waals surface area contributed by atoms with Gasteiger partial charge in [0.15, 0.2) is 5.69 Å². The maximum absolute atomic E-state index is 11.9. The summed E-state index contributed by atoms with van der Waals surface area (Å²) in [6, 6.07) is 0.393. The van der Waals surface area contributed by atoms with Crippen LogP contribution in [0.3, 0.4) is 0 Å². The zero-order valence-corrected chi connectivity index (χ0v) is 9.93. The molecule has 1 aliphatic heterocycles. The monoisotopic (exact) mass is 242 g/mol. The zero-order chi connectivity index (χ0) is 10.4. The SMILES string of the molecule is Cl.Cn1nc(C(=O)NC2CC2)c2c1CNC2. The molecule has 2 heterocycles. The highest BCUT2D eigenvalue weighted by Gasteiger charge is 2.29. The van der Waals surface area contributed by atoms with Gasteiger partial charge in [-0.05, 0) is 12.8 Å². The van der Waals surface area contributed by atoms with E-state index in [0.717, 1.165) is 37.2 Å². The number of carbonyl (C=O) groups excluding carboxylic acids is 1. The normalized spacial score (nSPS) is 17.8. The molecule has 0 unspecified atom stereocenters. The molecule has 0 aromatic carbocycles. The molecule has 0 radical (unpaired) electrons. The first-order valence-electron chi connectivity index (χ1n) is 5.32. The summed E-state index contributed by atoms with van der Waals surface area (Å²) in [5.74, 6) is -0.0157. The number of fused-ring (bicyclic) bond motifs is 1. The number of amides is 1. The number of rotatable bonds is 2. The Morgan fingerprint density at radius 3 is 2.94 bits per heavy atom. The molecule has 1 aromatic rings. The quantitative estimate of drug-likeness (QED) is 0.786. The smallest absolute Gasteiger partial charge is 0.272 e. The van der Waals surface area contributed by atoms with Gasteiger partial charge in [-0.15, -0.1) is 12.4 Å². The summed E-state index contributed by atoms with van der Waals surface area (Å²) >= 11 is 0. The minimum absolute atomic E-state index is 0. The van der Waals surface area contributed by atoms with Crippen LogP contribution in [0.15, 0.2) is 0 Å². The Morgan fingerprint density at radius 2 is 2.25 bits per heavy atom. The van der Waals surface area contributed by atoms with Gasteiger partial charge in [0.05, 0.1) is 5.69 Å². The molecule has 0 saturated heterocycles. The van der Waals surface area contributed by atoms with Crippen molar-refractivity contribution in [3.63, 3.8) is 0 Å². The van der Waals surface area contributed by atoms with Gasteiger partial charge in [0, 0.05) is 31.7 Å². The van der Waals surface area contributed by atoms with Crippen LogP contribution in [0.25, 0.3) is 0 Å². The highest BCUT2D eigenvalue weighted by molar-refractivity contribution is 5.94. The predicted octanol–water partition coefficient (Wildman–Crippen LogP) is 0.337. The van der Waals surface area contributed by atoms with Crippen LogP contribution in [0.1, 0.15) is 34.6 Å². The van der Waals surface area contributed by atoms with Crippen LogP contribution in [0.4, 0.5) is 0 Å². The second kappa shape index (κ2) is 4.07. The van der Waals surface area contributed by atoms with Gasteiger partial charge in [0.25, 0.3) is 5.91 Å². The molecule has 16 heavy (non-hydrogen) atoms. The summed E-state index contributed by atoms with van der Waals surface area (Å²) in [6.45, 7) is 1.58.